The Kier molecular flexibility index (Phi) is 6.84. The van der Waals surface area contributed by atoms with Crippen LogP contribution in [0.1, 0.15) is 61.3 Å². The van der Waals surface area contributed by atoms with Gasteiger partial charge in [-0.2, -0.15) is 13.2 Å². The van der Waals surface area contributed by atoms with Crippen LogP contribution < -0.4 is 0 Å². The highest BCUT2D eigenvalue weighted by Gasteiger charge is 2.70. The number of carbonyl (C=O) groups excluding carboxylic acids is 1. The van der Waals surface area contributed by atoms with E-state index in [1.54, 1.807) is 20.8 Å². The van der Waals surface area contributed by atoms with E-state index in [1.807, 2.05) is 27.7 Å². The molecule has 0 spiro atoms. The average molecular weight is 396 g/mol. The summed E-state index contributed by atoms with van der Waals surface area (Å²) in [5, 5.41) is 13.0. The summed E-state index contributed by atoms with van der Waals surface area (Å²) in [4.78, 5) is 17.8. The summed E-state index contributed by atoms with van der Waals surface area (Å²) < 4.78 is 43.7. The molecule has 0 aromatic carbocycles. The quantitative estimate of drug-likeness (QED) is 0.716. The van der Waals surface area contributed by atoms with Gasteiger partial charge in [0.25, 0.3) is 0 Å². The van der Waals surface area contributed by atoms with Crippen LogP contribution in [0.4, 0.5) is 18.0 Å². The van der Waals surface area contributed by atoms with Crippen molar-refractivity contribution in [1.82, 2.24) is 4.90 Å². The zero-order valence-electron chi connectivity index (χ0n) is 17.1. The van der Waals surface area contributed by atoms with Crippen molar-refractivity contribution in [3.8, 4) is 0 Å². The Balaban J connectivity index is 0.000000855. The molecule has 1 N–H and O–H groups in total. The number of halogens is 3. The lowest BCUT2D eigenvalue weighted by molar-refractivity contribution is -0.355. The van der Waals surface area contributed by atoms with Gasteiger partial charge in [-0.3, -0.25) is 0 Å². The summed E-state index contributed by atoms with van der Waals surface area (Å²) >= 11 is 0. The highest BCUT2D eigenvalue weighted by Crippen LogP contribution is 2.61. The van der Waals surface area contributed by atoms with Gasteiger partial charge in [-0.15, -0.1) is 0 Å². The molecule has 3 rings (SSSR count). The van der Waals surface area contributed by atoms with Crippen molar-refractivity contribution in [2.45, 2.75) is 78.9 Å². The van der Waals surface area contributed by atoms with E-state index in [0.717, 1.165) is 0 Å². The van der Waals surface area contributed by atoms with Crippen molar-refractivity contribution in [1.29, 1.82) is 0 Å². The van der Waals surface area contributed by atoms with Crippen LogP contribution >= 0.6 is 0 Å². The zero-order chi connectivity index (χ0) is 21.3. The van der Waals surface area contributed by atoms with Crippen LogP contribution in [0.15, 0.2) is 5.16 Å². The number of fused-ring (bicyclic) bond motifs is 1. The SMILES string of the molecule is CC.CC.CC(C)(C)OC(=O)N1C[C@@H]2C[C@]2(C2=NOC(O)(C(F)(F)F)C2)C1. The summed E-state index contributed by atoms with van der Waals surface area (Å²) in [5.74, 6) is -3.23. The predicted octanol–water partition coefficient (Wildman–Crippen LogP) is 4.32. The second-order valence-electron chi connectivity index (χ2n) is 7.51. The van der Waals surface area contributed by atoms with Crippen LogP contribution in [0.25, 0.3) is 0 Å². The molecule has 0 bridgehead atoms. The molecular formula is C18H31F3N2O4. The lowest BCUT2D eigenvalue weighted by Crippen LogP contribution is -2.46. The summed E-state index contributed by atoms with van der Waals surface area (Å²) in [6.45, 7) is 13.9. The molecule has 2 heterocycles. The first-order valence-corrected chi connectivity index (χ1v) is 9.39. The van der Waals surface area contributed by atoms with Gasteiger partial charge in [-0.05, 0) is 33.1 Å². The van der Waals surface area contributed by atoms with E-state index in [4.69, 9.17) is 4.74 Å². The number of oxime groups is 1. The fourth-order valence-electron chi connectivity index (χ4n) is 3.24. The summed E-state index contributed by atoms with van der Waals surface area (Å²) in [6, 6.07) is 0. The molecule has 2 aliphatic heterocycles. The summed E-state index contributed by atoms with van der Waals surface area (Å²) in [5.41, 5.74) is -1.08. The third kappa shape index (κ3) is 4.67. The number of hydrogen-bond acceptors (Lipinski definition) is 5. The molecule has 6 nitrogen and oxygen atoms in total. The Hall–Kier alpha value is -1.51. The molecule has 0 aromatic rings. The molecule has 0 aromatic heterocycles. The molecule has 1 saturated heterocycles. The lowest BCUT2D eigenvalue weighted by Gasteiger charge is -2.26. The van der Waals surface area contributed by atoms with Gasteiger partial charge in [0.15, 0.2) is 0 Å². The number of likely N-dealkylation sites (tertiary alicyclic amines) is 1. The van der Waals surface area contributed by atoms with Gasteiger partial charge >= 0.3 is 18.1 Å². The molecule has 3 aliphatic rings. The lowest BCUT2D eigenvalue weighted by atomic mass is 9.93. The van der Waals surface area contributed by atoms with Gasteiger partial charge in [-0.1, -0.05) is 32.9 Å². The smallest absolute Gasteiger partial charge is 0.444 e. The van der Waals surface area contributed by atoms with Crippen molar-refractivity contribution < 1.29 is 32.6 Å². The van der Waals surface area contributed by atoms with Gasteiger partial charge in [0.05, 0.1) is 12.1 Å². The number of hydrogen-bond donors (Lipinski definition) is 1. The van der Waals surface area contributed by atoms with Crippen LogP contribution in [-0.4, -0.2) is 52.5 Å². The van der Waals surface area contributed by atoms with Crippen molar-refractivity contribution in [3.05, 3.63) is 0 Å². The second kappa shape index (κ2) is 7.85. The molecule has 1 saturated carbocycles. The fourth-order valence-corrected chi connectivity index (χ4v) is 3.24. The van der Waals surface area contributed by atoms with Gasteiger partial charge in [0, 0.05) is 18.5 Å². The maximum Gasteiger partial charge on any atom is 0.458 e. The first kappa shape index (κ1) is 23.5. The van der Waals surface area contributed by atoms with Gasteiger partial charge in [-0.25, -0.2) is 4.79 Å². The minimum atomic E-state index is -4.91. The van der Waals surface area contributed by atoms with Crippen LogP contribution in [-0.2, 0) is 9.57 Å². The van der Waals surface area contributed by atoms with E-state index in [0.29, 0.717) is 13.0 Å². The van der Waals surface area contributed by atoms with Crippen molar-refractivity contribution in [2.24, 2.45) is 16.5 Å². The van der Waals surface area contributed by atoms with E-state index < -0.39 is 35.5 Å². The molecule has 9 heteroatoms. The number of amides is 1. The number of alkyl halides is 3. The number of aliphatic hydroxyl groups is 1. The molecular weight excluding hydrogens is 365 g/mol. The summed E-state index contributed by atoms with van der Waals surface area (Å²) in [7, 11) is 0. The van der Waals surface area contributed by atoms with Crippen LogP contribution in [0.2, 0.25) is 0 Å². The van der Waals surface area contributed by atoms with Crippen LogP contribution in [0.5, 0.6) is 0 Å². The fraction of sp³-hybridized carbons (Fsp3) is 0.889. The maximum atomic E-state index is 12.8. The molecule has 2 fully saturated rings. The third-order valence-electron chi connectivity index (χ3n) is 4.53. The molecule has 27 heavy (non-hydrogen) atoms. The largest absolute Gasteiger partial charge is 0.458 e. The number of nitrogens with zero attached hydrogens (tertiary/aromatic N) is 2. The van der Waals surface area contributed by atoms with Crippen molar-refractivity contribution in [3.63, 3.8) is 0 Å². The highest BCUT2D eigenvalue weighted by molar-refractivity contribution is 5.95. The Bertz CT molecular complexity index is 574. The van der Waals surface area contributed by atoms with Crippen LogP contribution in [0.3, 0.4) is 0 Å². The number of rotatable bonds is 1. The average Bonchev–Trinajstić information content (AvgIpc) is 2.93. The monoisotopic (exact) mass is 396 g/mol. The molecule has 1 unspecified atom stereocenters. The van der Waals surface area contributed by atoms with Crippen molar-refractivity contribution in [2.75, 3.05) is 13.1 Å². The molecule has 1 amide bonds. The molecule has 1 aliphatic carbocycles. The minimum Gasteiger partial charge on any atom is -0.444 e. The van der Waals surface area contributed by atoms with E-state index in [1.165, 1.54) is 4.90 Å². The molecule has 0 radical (unpaired) electrons. The Morgan fingerprint density at radius 3 is 2.26 bits per heavy atom. The number of carbonyl (C=O) groups is 1. The topological polar surface area (TPSA) is 71.4 Å². The van der Waals surface area contributed by atoms with Crippen LogP contribution in [0, 0.1) is 11.3 Å². The number of ether oxygens (including phenoxy) is 1. The predicted molar refractivity (Wildman–Crippen MR) is 95.2 cm³/mol. The first-order valence-electron chi connectivity index (χ1n) is 9.39. The summed E-state index contributed by atoms with van der Waals surface area (Å²) in [6.07, 6.45) is -5.48. The zero-order valence-corrected chi connectivity index (χ0v) is 17.1. The van der Waals surface area contributed by atoms with Gasteiger partial charge < -0.3 is 19.6 Å². The van der Waals surface area contributed by atoms with E-state index in [9.17, 15) is 23.1 Å². The molecule has 3 atom stereocenters. The standard InChI is InChI=1S/C14H19F3N2O4.2C2H6/c1-11(2,3)22-10(20)19-6-8-4-12(8,7-19)9-5-13(21,23-18-9)14(15,16)17;2*1-2/h8,21H,4-7H2,1-3H3;2*1-2H3/t8-,12-,13?;;/m0../s1. The Morgan fingerprint density at radius 2 is 1.81 bits per heavy atom. The van der Waals surface area contributed by atoms with E-state index >= 15 is 0 Å². The minimum absolute atomic E-state index is 0.0351. The Morgan fingerprint density at radius 1 is 1.26 bits per heavy atom. The third-order valence-corrected chi connectivity index (χ3v) is 4.53. The van der Waals surface area contributed by atoms with Crippen molar-refractivity contribution >= 4 is 11.8 Å². The van der Waals surface area contributed by atoms with Gasteiger partial charge in [0.2, 0.25) is 0 Å². The Labute approximate surface area is 158 Å². The second-order valence-corrected chi connectivity index (χ2v) is 7.51. The van der Waals surface area contributed by atoms with E-state index in [2.05, 4.69) is 9.99 Å². The highest BCUT2D eigenvalue weighted by atomic mass is 19.4. The number of piperidine rings is 1. The van der Waals surface area contributed by atoms with E-state index in [-0.39, 0.29) is 18.2 Å². The maximum absolute atomic E-state index is 12.8. The van der Waals surface area contributed by atoms with Gasteiger partial charge in [0.1, 0.15) is 5.60 Å². The first-order chi connectivity index (χ1) is 12.4. The normalized spacial score (nSPS) is 31.4. The molecule has 158 valence electrons.